The monoisotopic (exact) mass is 419 g/mol. The average Bonchev–Trinajstić information content (AvgIpc) is 2.84. The third-order valence-electron chi connectivity index (χ3n) is 2.49. The maximum absolute atomic E-state index is 13.2. The van der Waals surface area contributed by atoms with Gasteiger partial charge in [-0.15, -0.1) is 5.10 Å². The first-order chi connectivity index (χ1) is 10.9. The molecule has 1 saturated heterocycles. The number of thioether (sulfide) groups is 1. The lowest BCUT2D eigenvalue weighted by Gasteiger charge is -1.99. The number of nitrogens with zero attached hydrogens (tertiary/aromatic N) is 2. The smallest absolute Gasteiger partial charge is 0.331 e. The highest BCUT2D eigenvalue weighted by atomic mass is 79.9. The highest BCUT2D eigenvalue weighted by Gasteiger charge is 2.24. The van der Waals surface area contributed by atoms with Crippen LogP contribution in [0.2, 0.25) is 5.02 Å². The molecule has 0 aromatic heterocycles. The molecule has 10 heteroatoms. The third kappa shape index (κ3) is 4.63. The van der Waals surface area contributed by atoms with Gasteiger partial charge in [0.1, 0.15) is 5.82 Å². The summed E-state index contributed by atoms with van der Waals surface area (Å²) in [6.07, 6.45) is 2.40. The van der Waals surface area contributed by atoms with Crippen LogP contribution in [0.25, 0.3) is 0 Å². The number of carbonyl (C=O) groups is 2. The molecular formula is C13H8BrClFN3O3S. The zero-order valence-corrected chi connectivity index (χ0v) is 14.6. The molecule has 1 aliphatic rings. The van der Waals surface area contributed by atoms with E-state index >= 15 is 0 Å². The molecule has 1 heterocycles. The second kappa shape index (κ2) is 7.71. The molecule has 0 atom stereocenters. The van der Waals surface area contributed by atoms with Crippen molar-refractivity contribution in [2.24, 2.45) is 10.2 Å². The standard InChI is InChI=1S/C13H8BrClFN3O3S/c1-22-11(20)4-10-12(21)18-13(23-10)19-17-5-6-2-8(15)9(16)3-7(6)14/h2-5H,1H3,(H,18,19,21)/b10-4+,17-5?. The molecule has 23 heavy (non-hydrogen) atoms. The lowest BCUT2D eigenvalue weighted by molar-refractivity contribution is -0.135. The van der Waals surface area contributed by atoms with Gasteiger partial charge in [0.25, 0.3) is 5.91 Å². The van der Waals surface area contributed by atoms with Gasteiger partial charge in [0.2, 0.25) is 0 Å². The Hall–Kier alpha value is -1.71. The van der Waals surface area contributed by atoms with E-state index in [4.69, 9.17) is 11.6 Å². The van der Waals surface area contributed by atoms with E-state index in [9.17, 15) is 14.0 Å². The van der Waals surface area contributed by atoms with Gasteiger partial charge in [0.15, 0.2) is 5.17 Å². The summed E-state index contributed by atoms with van der Waals surface area (Å²) in [5.74, 6) is -1.67. The van der Waals surface area contributed by atoms with E-state index in [-0.39, 0.29) is 15.1 Å². The molecule has 1 aliphatic heterocycles. The van der Waals surface area contributed by atoms with E-state index in [0.29, 0.717) is 10.0 Å². The van der Waals surface area contributed by atoms with E-state index in [1.165, 1.54) is 25.5 Å². The number of carbonyl (C=O) groups excluding carboxylic acids is 2. The lowest BCUT2D eigenvalue weighted by atomic mass is 10.2. The van der Waals surface area contributed by atoms with E-state index in [1.54, 1.807) is 0 Å². The molecule has 6 nitrogen and oxygen atoms in total. The van der Waals surface area contributed by atoms with Gasteiger partial charge in [-0.1, -0.05) is 27.5 Å². The van der Waals surface area contributed by atoms with Gasteiger partial charge in [-0.2, -0.15) is 5.10 Å². The minimum Gasteiger partial charge on any atom is -0.466 e. The SMILES string of the molecule is COC(=O)/C=C1/S/C(=N\N=Cc2cc(Cl)c(F)cc2Br)NC1=O. The lowest BCUT2D eigenvalue weighted by Crippen LogP contribution is -2.19. The first-order valence-electron chi connectivity index (χ1n) is 5.95. The summed E-state index contributed by atoms with van der Waals surface area (Å²) in [5, 5.41) is 10.2. The van der Waals surface area contributed by atoms with Crippen LogP contribution in [0.3, 0.4) is 0 Å². The van der Waals surface area contributed by atoms with E-state index < -0.39 is 17.7 Å². The van der Waals surface area contributed by atoms with Crippen LogP contribution in [-0.2, 0) is 14.3 Å². The quantitative estimate of drug-likeness (QED) is 0.268. The Morgan fingerprint density at radius 2 is 2.26 bits per heavy atom. The van der Waals surface area contributed by atoms with Crippen molar-refractivity contribution in [3.63, 3.8) is 0 Å². The summed E-state index contributed by atoms with van der Waals surface area (Å²) < 4.78 is 18.1. The van der Waals surface area contributed by atoms with E-state index in [2.05, 4.69) is 36.2 Å². The van der Waals surface area contributed by atoms with Crippen LogP contribution in [-0.4, -0.2) is 30.4 Å². The molecule has 1 amide bonds. The Balaban J connectivity index is 2.13. The number of amidine groups is 1. The fraction of sp³-hybridized carbons (Fsp3) is 0.0769. The maximum Gasteiger partial charge on any atom is 0.331 e. The Morgan fingerprint density at radius 1 is 1.52 bits per heavy atom. The van der Waals surface area contributed by atoms with E-state index in [1.807, 2.05) is 0 Å². The first kappa shape index (κ1) is 17.6. The zero-order valence-electron chi connectivity index (χ0n) is 11.5. The van der Waals surface area contributed by atoms with Crippen molar-refractivity contribution in [3.05, 3.63) is 44.0 Å². The van der Waals surface area contributed by atoms with Crippen LogP contribution in [0.5, 0.6) is 0 Å². The molecule has 0 saturated carbocycles. The van der Waals surface area contributed by atoms with Crippen LogP contribution in [0.1, 0.15) is 5.56 Å². The van der Waals surface area contributed by atoms with Crippen LogP contribution < -0.4 is 5.32 Å². The summed E-state index contributed by atoms with van der Waals surface area (Å²) >= 11 is 9.81. The highest BCUT2D eigenvalue weighted by molar-refractivity contribution is 9.10. The van der Waals surface area contributed by atoms with Crippen LogP contribution in [0.4, 0.5) is 4.39 Å². The van der Waals surface area contributed by atoms with Gasteiger partial charge in [-0.3, -0.25) is 10.1 Å². The molecule has 2 rings (SSSR count). The summed E-state index contributed by atoms with van der Waals surface area (Å²) in [6, 6.07) is 2.59. The average molecular weight is 421 g/mol. The van der Waals surface area contributed by atoms with Gasteiger partial charge < -0.3 is 4.74 Å². The molecule has 0 spiro atoms. The van der Waals surface area contributed by atoms with E-state index in [0.717, 1.165) is 17.8 Å². The van der Waals surface area contributed by atoms with Crippen LogP contribution in [0.15, 0.2) is 37.8 Å². The largest absolute Gasteiger partial charge is 0.466 e. The first-order valence-corrected chi connectivity index (χ1v) is 7.94. The minimum atomic E-state index is -0.641. The number of ether oxygens (including phenoxy) is 1. The molecule has 0 unspecified atom stereocenters. The molecule has 1 aromatic rings. The van der Waals surface area contributed by atoms with Crippen molar-refractivity contribution in [1.82, 2.24) is 5.32 Å². The predicted octanol–water partition coefficient (Wildman–Crippen LogP) is 2.85. The fourth-order valence-corrected chi connectivity index (χ4v) is 2.75. The normalized spacial score (nSPS) is 18.0. The van der Waals surface area contributed by atoms with Crippen molar-refractivity contribution < 1.29 is 18.7 Å². The second-order valence-electron chi connectivity index (χ2n) is 4.03. The molecule has 1 fully saturated rings. The number of rotatable bonds is 3. The summed E-state index contributed by atoms with van der Waals surface area (Å²) in [5.41, 5.74) is 0.514. The molecule has 120 valence electrons. The minimum absolute atomic E-state index is 0.0471. The zero-order chi connectivity index (χ0) is 17.0. The maximum atomic E-state index is 13.2. The van der Waals surface area contributed by atoms with Crippen molar-refractivity contribution in [2.45, 2.75) is 0 Å². The van der Waals surface area contributed by atoms with Crippen LogP contribution in [0, 0.1) is 5.82 Å². The fourth-order valence-electron chi connectivity index (χ4n) is 1.42. The Morgan fingerprint density at radius 3 is 2.96 bits per heavy atom. The number of esters is 1. The highest BCUT2D eigenvalue weighted by Crippen LogP contribution is 2.25. The van der Waals surface area contributed by atoms with Gasteiger partial charge in [-0.05, 0) is 23.9 Å². The Kier molecular flexibility index (Phi) is 5.91. The number of hydrogen-bond donors (Lipinski definition) is 1. The van der Waals surface area contributed by atoms with Crippen LogP contribution >= 0.6 is 39.3 Å². The number of benzene rings is 1. The molecule has 1 aromatic carbocycles. The number of halogens is 3. The molecule has 0 radical (unpaired) electrons. The molecule has 0 bridgehead atoms. The van der Waals surface area contributed by atoms with Crippen molar-refractivity contribution in [3.8, 4) is 0 Å². The molecule has 0 aliphatic carbocycles. The summed E-state index contributed by atoms with van der Waals surface area (Å²) in [6.45, 7) is 0. The number of nitrogens with one attached hydrogen (secondary N) is 1. The van der Waals surface area contributed by atoms with Crippen molar-refractivity contribution in [1.29, 1.82) is 0 Å². The summed E-state index contributed by atoms with van der Waals surface area (Å²) in [4.78, 5) is 22.9. The number of amides is 1. The summed E-state index contributed by atoms with van der Waals surface area (Å²) in [7, 11) is 1.21. The van der Waals surface area contributed by atoms with Gasteiger partial charge >= 0.3 is 5.97 Å². The Labute approximate surface area is 147 Å². The third-order valence-corrected chi connectivity index (χ3v) is 4.36. The van der Waals surface area contributed by atoms with Gasteiger partial charge in [0.05, 0.1) is 23.3 Å². The number of hydrogen-bond acceptors (Lipinski definition) is 6. The topological polar surface area (TPSA) is 80.1 Å². The predicted molar refractivity (Wildman–Crippen MR) is 90.0 cm³/mol. The Bertz CT molecular complexity index is 767. The van der Waals surface area contributed by atoms with Crippen molar-refractivity contribution >= 4 is 62.6 Å². The number of methoxy groups -OCH3 is 1. The van der Waals surface area contributed by atoms with Crippen molar-refractivity contribution in [2.75, 3.05) is 7.11 Å². The van der Waals surface area contributed by atoms with Gasteiger partial charge in [-0.25, -0.2) is 9.18 Å². The molecular weight excluding hydrogens is 413 g/mol. The van der Waals surface area contributed by atoms with Gasteiger partial charge in [0, 0.05) is 16.1 Å². The molecule has 1 N–H and O–H groups in total. The second-order valence-corrected chi connectivity index (χ2v) is 6.32.